The molecule has 5 heteroatoms. The summed E-state index contributed by atoms with van der Waals surface area (Å²) in [5.74, 6) is 0.816. The monoisotopic (exact) mass is 300 g/mol. The van der Waals surface area contributed by atoms with Gasteiger partial charge in [-0.05, 0) is 35.7 Å². The molecule has 21 heavy (non-hydrogen) atoms. The van der Waals surface area contributed by atoms with Crippen molar-refractivity contribution in [2.75, 3.05) is 0 Å². The van der Waals surface area contributed by atoms with E-state index in [1.54, 1.807) is 11.2 Å². The minimum Gasteiger partial charge on any atom is -0.467 e. The summed E-state index contributed by atoms with van der Waals surface area (Å²) < 4.78 is 7.41. The second kappa shape index (κ2) is 6.01. The number of hydrogen-bond donors (Lipinski definition) is 0. The number of rotatable bonds is 5. The second-order valence-corrected chi connectivity index (χ2v) is 5.78. The molecule has 4 nitrogen and oxygen atoms in total. The largest absolute Gasteiger partial charge is 0.467 e. The van der Waals surface area contributed by atoms with Crippen molar-refractivity contribution in [1.29, 1.82) is 0 Å². The Hall–Kier alpha value is -2.27. The number of carbonyl (C=O) groups is 1. The lowest BCUT2D eigenvalue weighted by Crippen LogP contribution is -2.30. The molecule has 108 valence electrons. The van der Waals surface area contributed by atoms with Gasteiger partial charge in [0.05, 0.1) is 24.2 Å². The van der Waals surface area contributed by atoms with Gasteiger partial charge >= 0.3 is 0 Å². The van der Waals surface area contributed by atoms with Crippen molar-refractivity contribution in [3.63, 3.8) is 0 Å². The standard InChI is InChI=1S/C16H16N2O2S/c1-17-8-2-5-13(17)11-18(12-14-6-3-9-20-14)16(19)15-7-4-10-21-15/h2-10H,11-12H2,1H3. The van der Waals surface area contributed by atoms with Gasteiger partial charge in [-0.1, -0.05) is 6.07 Å². The Kier molecular flexibility index (Phi) is 3.92. The van der Waals surface area contributed by atoms with E-state index < -0.39 is 0 Å². The molecule has 0 saturated heterocycles. The normalized spacial score (nSPS) is 10.7. The van der Waals surface area contributed by atoms with E-state index in [2.05, 4.69) is 0 Å². The van der Waals surface area contributed by atoms with Crippen LogP contribution in [0.5, 0.6) is 0 Å². The van der Waals surface area contributed by atoms with Crippen molar-refractivity contribution in [3.05, 3.63) is 70.6 Å². The number of furan rings is 1. The van der Waals surface area contributed by atoms with Gasteiger partial charge in [0.2, 0.25) is 0 Å². The molecule has 1 amide bonds. The van der Waals surface area contributed by atoms with Gasteiger partial charge in [0, 0.05) is 18.9 Å². The molecule has 0 N–H and O–H groups in total. The molecule has 3 heterocycles. The Morgan fingerprint density at radius 3 is 2.76 bits per heavy atom. The number of aryl methyl sites for hydroxylation is 1. The lowest BCUT2D eigenvalue weighted by atomic mass is 10.3. The maximum absolute atomic E-state index is 12.7. The molecular formula is C16H16N2O2S. The van der Waals surface area contributed by atoms with E-state index in [1.165, 1.54) is 11.3 Å². The Labute approximate surface area is 127 Å². The van der Waals surface area contributed by atoms with Crippen LogP contribution in [-0.4, -0.2) is 15.4 Å². The van der Waals surface area contributed by atoms with Crippen molar-refractivity contribution in [3.8, 4) is 0 Å². The average Bonchev–Trinajstić information content (AvgIpc) is 3.20. The third-order valence-corrected chi connectivity index (χ3v) is 4.21. The van der Waals surface area contributed by atoms with Gasteiger partial charge in [-0.25, -0.2) is 0 Å². The van der Waals surface area contributed by atoms with E-state index in [4.69, 9.17) is 4.42 Å². The zero-order chi connectivity index (χ0) is 14.7. The van der Waals surface area contributed by atoms with Gasteiger partial charge < -0.3 is 13.9 Å². The molecule has 3 aromatic heterocycles. The molecule has 0 unspecified atom stereocenters. The highest BCUT2D eigenvalue weighted by atomic mass is 32.1. The minimum absolute atomic E-state index is 0.0302. The molecule has 0 aliphatic rings. The number of nitrogens with zero attached hydrogens (tertiary/aromatic N) is 2. The predicted molar refractivity (Wildman–Crippen MR) is 82.0 cm³/mol. The summed E-state index contributed by atoms with van der Waals surface area (Å²) in [5.41, 5.74) is 1.09. The Morgan fingerprint density at radius 2 is 2.14 bits per heavy atom. The number of hydrogen-bond acceptors (Lipinski definition) is 3. The SMILES string of the molecule is Cn1cccc1CN(Cc1ccco1)C(=O)c1cccs1. The zero-order valence-electron chi connectivity index (χ0n) is 11.7. The van der Waals surface area contributed by atoms with E-state index >= 15 is 0 Å². The van der Waals surface area contributed by atoms with E-state index in [1.807, 2.05) is 59.6 Å². The van der Waals surface area contributed by atoms with E-state index in [9.17, 15) is 4.79 Å². The van der Waals surface area contributed by atoms with Crippen LogP contribution in [0.1, 0.15) is 21.1 Å². The van der Waals surface area contributed by atoms with Crippen molar-refractivity contribution < 1.29 is 9.21 Å². The van der Waals surface area contributed by atoms with Gasteiger partial charge in [0.25, 0.3) is 5.91 Å². The van der Waals surface area contributed by atoms with Crippen LogP contribution in [0.4, 0.5) is 0 Å². The second-order valence-electron chi connectivity index (χ2n) is 4.83. The van der Waals surface area contributed by atoms with E-state index in [0.29, 0.717) is 13.1 Å². The smallest absolute Gasteiger partial charge is 0.264 e. The first-order valence-electron chi connectivity index (χ1n) is 6.69. The summed E-state index contributed by atoms with van der Waals surface area (Å²) >= 11 is 1.46. The van der Waals surface area contributed by atoms with Crippen LogP contribution in [0, 0.1) is 0 Å². The van der Waals surface area contributed by atoms with Crippen LogP contribution in [0.25, 0.3) is 0 Å². The van der Waals surface area contributed by atoms with E-state index in [-0.39, 0.29) is 5.91 Å². The summed E-state index contributed by atoms with van der Waals surface area (Å²) in [7, 11) is 1.98. The molecule has 0 aromatic carbocycles. The lowest BCUT2D eigenvalue weighted by molar-refractivity contribution is 0.0719. The first-order chi connectivity index (χ1) is 10.2. The van der Waals surface area contributed by atoms with Crippen molar-refractivity contribution >= 4 is 17.2 Å². The molecule has 3 aromatic rings. The predicted octanol–water partition coefficient (Wildman–Crippen LogP) is 3.52. The molecule has 0 bridgehead atoms. The maximum Gasteiger partial charge on any atom is 0.264 e. The van der Waals surface area contributed by atoms with Gasteiger partial charge in [0.15, 0.2) is 0 Å². The van der Waals surface area contributed by atoms with Crippen LogP contribution in [-0.2, 0) is 20.1 Å². The molecule has 0 radical (unpaired) electrons. The quantitative estimate of drug-likeness (QED) is 0.723. The highest BCUT2D eigenvalue weighted by molar-refractivity contribution is 7.12. The van der Waals surface area contributed by atoms with Crippen LogP contribution in [0.2, 0.25) is 0 Å². The topological polar surface area (TPSA) is 38.4 Å². The first kappa shape index (κ1) is 13.7. The number of carbonyl (C=O) groups excluding carboxylic acids is 1. The molecule has 0 fully saturated rings. The van der Waals surface area contributed by atoms with Crippen molar-refractivity contribution in [2.24, 2.45) is 7.05 Å². The molecule has 0 aliphatic heterocycles. The Bertz CT molecular complexity index is 699. The Balaban J connectivity index is 1.83. The molecular weight excluding hydrogens is 284 g/mol. The van der Waals surface area contributed by atoms with Crippen LogP contribution in [0.3, 0.4) is 0 Å². The number of aromatic nitrogens is 1. The fourth-order valence-electron chi connectivity index (χ4n) is 2.20. The molecule has 3 rings (SSSR count). The van der Waals surface area contributed by atoms with Gasteiger partial charge in [-0.3, -0.25) is 4.79 Å². The minimum atomic E-state index is 0.0302. The summed E-state index contributed by atoms with van der Waals surface area (Å²) in [5, 5.41) is 1.92. The Morgan fingerprint density at radius 1 is 1.24 bits per heavy atom. The number of thiophene rings is 1. The van der Waals surface area contributed by atoms with Crippen molar-refractivity contribution in [2.45, 2.75) is 13.1 Å². The molecule has 0 spiro atoms. The van der Waals surface area contributed by atoms with Crippen LogP contribution < -0.4 is 0 Å². The first-order valence-corrected chi connectivity index (χ1v) is 7.57. The molecule has 0 saturated carbocycles. The fraction of sp³-hybridized carbons (Fsp3) is 0.188. The zero-order valence-corrected chi connectivity index (χ0v) is 12.5. The van der Waals surface area contributed by atoms with Gasteiger partial charge in [-0.15, -0.1) is 11.3 Å². The number of amides is 1. The van der Waals surface area contributed by atoms with Crippen molar-refractivity contribution in [1.82, 2.24) is 9.47 Å². The molecule has 0 aliphatic carbocycles. The van der Waals surface area contributed by atoms with E-state index in [0.717, 1.165) is 16.3 Å². The highest BCUT2D eigenvalue weighted by Gasteiger charge is 2.19. The molecule has 0 atom stereocenters. The summed E-state index contributed by atoms with van der Waals surface area (Å²) in [6, 6.07) is 11.5. The maximum atomic E-state index is 12.7. The average molecular weight is 300 g/mol. The summed E-state index contributed by atoms with van der Waals surface area (Å²) in [6.07, 6.45) is 3.61. The third-order valence-electron chi connectivity index (χ3n) is 3.35. The van der Waals surface area contributed by atoms with Gasteiger partial charge in [-0.2, -0.15) is 0 Å². The third kappa shape index (κ3) is 3.08. The summed E-state index contributed by atoms with van der Waals surface area (Å²) in [4.78, 5) is 15.2. The fourth-order valence-corrected chi connectivity index (χ4v) is 2.89. The van der Waals surface area contributed by atoms with Crippen LogP contribution in [0.15, 0.2) is 58.7 Å². The van der Waals surface area contributed by atoms with Gasteiger partial charge in [0.1, 0.15) is 5.76 Å². The highest BCUT2D eigenvalue weighted by Crippen LogP contribution is 2.17. The summed E-state index contributed by atoms with van der Waals surface area (Å²) in [6.45, 7) is 1.02. The van der Waals surface area contributed by atoms with Crippen LogP contribution >= 0.6 is 11.3 Å². The lowest BCUT2D eigenvalue weighted by Gasteiger charge is -2.21.